The lowest BCUT2D eigenvalue weighted by molar-refractivity contribution is -0.111. The van der Waals surface area contributed by atoms with Gasteiger partial charge >= 0.3 is 0 Å². The number of ether oxygens (including phenoxy) is 1. The molecule has 0 aliphatic rings. The molecule has 0 heterocycles. The summed E-state index contributed by atoms with van der Waals surface area (Å²) in [6.07, 6.45) is 2.61. The lowest BCUT2D eigenvalue weighted by Crippen LogP contribution is -2.11. The lowest BCUT2D eigenvalue weighted by Gasteiger charge is -2.10. The van der Waals surface area contributed by atoms with Crippen molar-refractivity contribution in [1.29, 1.82) is 0 Å². The highest BCUT2D eigenvalue weighted by Crippen LogP contribution is 2.14. The van der Waals surface area contributed by atoms with E-state index in [0.717, 1.165) is 18.3 Å². The van der Waals surface area contributed by atoms with E-state index in [0.29, 0.717) is 25.2 Å². The number of aldehydes is 1. The molecule has 0 amide bonds. The van der Waals surface area contributed by atoms with Gasteiger partial charge in [-0.2, -0.15) is 0 Å². The van der Waals surface area contributed by atoms with Crippen LogP contribution in [-0.4, -0.2) is 18.7 Å². The van der Waals surface area contributed by atoms with E-state index in [1.807, 2.05) is 48.5 Å². The highest BCUT2D eigenvalue weighted by molar-refractivity contribution is 5.97. The summed E-state index contributed by atoms with van der Waals surface area (Å²) in [4.78, 5) is 23.3. The molecule has 2 aromatic carbocycles. The summed E-state index contributed by atoms with van der Waals surface area (Å²) in [5.74, 6) is -0.212. The number of ketones is 1. The van der Waals surface area contributed by atoms with Crippen LogP contribution in [0.1, 0.15) is 35.2 Å². The number of benzene rings is 2. The number of Topliss-reactive ketones (excluding diaryl/α,β-unsaturated/α-hetero) is 1. The Hall–Kier alpha value is -2.26. The van der Waals surface area contributed by atoms with E-state index in [-0.39, 0.29) is 18.1 Å². The Morgan fingerprint density at radius 1 is 1.00 bits per heavy atom. The van der Waals surface area contributed by atoms with Gasteiger partial charge in [-0.25, -0.2) is 0 Å². The van der Waals surface area contributed by atoms with Gasteiger partial charge in [-0.1, -0.05) is 60.7 Å². The maximum Gasteiger partial charge on any atom is 0.163 e. The van der Waals surface area contributed by atoms with E-state index in [1.165, 1.54) is 0 Å². The molecule has 0 saturated heterocycles. The highest BCUT2D eigenvalue weighted by Gasteiger charge is 2.14. The standard InChI is InChI=1S/C20H22O3/c21-15-18(14-20(22)19-11-5-2-6-12-19)10-7-13-23-16-17-8-3-1-4-9-17/h1-6,8-9,11-12,15,18H,7,10,13-14,16H2/t18-/m1/s1. The molecule has 0 spiro atoms. The van der Waals surface area contributed by atoms with Gasteiger partial charge in [0.2, 0.25) is 0 Å². The van der Waals surface area contributed by atoms with Crippen LogP contribution in [-0.2, 0) is 16.1 Å². The third kappa shape index (κ3) is 6.17. The van der Waals surface area contributed by atoms with Crippen LogP contribution in [0.2, 0.25) is 0 Å². The van der Waals surface area contributed by atoms with Crippen molar-refractivity contribution in [3.05, 3.63) is 71.8 Å². The smallest absolute Gasteiger partial charge is 0.163 e. The van der Waals surface area contributed by atoms with Crippen molar-refractivity contribution in [2.75, 3.05) is 6.61 Å². The molecule has 0 radical (unpaired) electrons. The van der Waals surface area contributed by atoms with Gasteiger partial charge in [0, 0.05) is 24.5 Å². The first-order valence-electron chi connectivity index (χ1n) is 7.95. The average Bonchev–Trinajstić information content (AvgIpc) is 2.62. The summed E-state index contributed by atoms with van der Waals surface area (Å²) in [5, 5.41) is 0. The van der Waals surface area contributed by atoms with Crippen molar-refractivity contribution < 1.29 is 14.3 Å². The van der Waals surface area contributed by atoms with Gasteiger partial charge in [0.25, 0.3) is 0 Å². The molecule has 0 saturated carbocycles. The van der Waals surface area contributed by atoms with Gasteiger partial charge in [-0.3, -0.25) is 4.79 Å². The summed E-state index contributed by atoms with van der Waals surface area (Å²) in [7, 11) is 0. The van der Waals surface area contributed by atoms with Crippen LogP contribution in [0.5, 0.6) is 0 Å². The number of hydrogen-bond donors (Lipinski definition) is 0. The molecule has 0 bridgehead atoms. The van der Waals surface area contributed by atoms with Crippen molar-refractivity contribution in [3.8, 4) is 0 Å². The molecule has 2 aromatic rings. The summed E-state index contributed by atoms with van der Waals surface area (Å²) in [6.45, 7) is 1.17. The minimum absolute atomic E-state index is 0.0212. The molecule has 3 heteroatoms. The molecule has 0 unspecified atom stereocenters. The molecule has 1 atom stereocenters. The molecular formula is C20H22O3. The highest BCUT2D eigenvalue weighted by atomic mass is 16.5. The van der Waals surface area contributed by atoms with E-state index >= 15 is 0 Å². The van der Waals surface area contributed by atoms with Crippen LogP contribution in [0, 0.1) is 5.92 Å². The average molecular weight is 310 g/mol. The zero-order valence-corrected chi connectivity index (χ0v) is 13.2. The van der Waals surface area contributed by atoms with Gasteiger partial charge in [-0.15, -0.1) is 0 Å². The molecule has 2 rings (SSSR count). The normalized spacial score (nSPS) is 11.8. The minimum atomic E-state index is -0.233. The van der Waals surface area contributed by atoms with E-state index in [4.69, 9.17) is 4.74 Å². The van der Waals surface area contributed by atoms with Crippen molar-refractivity contribution >= 4 is 12.1 Å². The van der Waals surface area contributed by atoms with E-state index < -0.39 is 0 Å². The predicted octanol–water partition coefficient (Wildman–Crippen LogP) is 4.07. The Morgan fingerprint density at radius 2 is 1.65 bits per heavy atom. The van der Waals surface area contributed by atoms with Crippen molar-refractivity contribution in [2.45, 2.75) is 25.9 Å². The minimum Gasteiger partial charge on any atom is -0.377 e. The second-order valence-corrected chi connectivity index (χ2v) is 5.57. The Balaban J connectivity index is 1.67. The van der Waals surface area contributed by atoms with Crippen LogP contribution in [0.3, 0.4) is 0 Å². The monoisotopic (exact) mass is 310 g/mol. The maximum atomic E-state index is 12.1. The van der Waals surface area contributed by atoms with Gasteiger partial charge in [0.05, 0.1) is 6.61 Å². The number of carbonyl (C=O) groups excluding carboxylic acids is 2. The SMILES string of the molecule is O=C[C@H](CCCOCc1ccccc1)CC(=O)c1ccccc1. The van der Waals surface area contributed by atoms with Crippen LogP contribution in [0.4, 0.5) is 0 Å². The van der Waals surface area contributed by atoms with Gasteiger partial charge in [0.15, 0.2) is 5.78 Å². The maximum absolute atomic E-state index is 12.1. The Bertz CT molecular complexity index is 593. The molecule has 0 aliphatic heterocycles. The summed E-state index contributed by atoms with van der Waals surface area (Å²) >= 11 is 0. The van der Waals surface area contributed by atoms with Crippen LogP contribution < -0.4 is 0 Å². The van der Waals surface area contributed by atoms with Crippen LogP contribution in [0.25, 0.3) is 0 Å². The second kappa shape index (κ2) is 9.70. The summed E-state index contributed by atoms with van der Waals surface area (Å²) in [5.41, 5.74) is 1.80. The number of rotatable bonds is 10. The van der Waals surface area contributed by atoms with Crippen LogP contribution >= 0.6 is 0 Å². The van der Waals surface area contributed by atoms with Crippen molar-refractivity contribution in [1.82, 2.24) is 0 Å². The molecule has 0 aromatic heterocycles. The van der Waals surface area contributed by atoms with Crippen molar-refractivity contribution in [3.63, 3.8) is 0 Å². The number of hydrogen-bond acceptors (Lipinski definition) is 3. The molecular weight excluding hydrogens is 288 g/mol. The Kier molecular flexibility index (Phi) is 7.21. The van der Waals surface area contributed by atoms with Gasteiger partial charge in [0.1, 0.15) is 6.29 Å². The summed E-state index contributed by atoms with van der Waals surface area (Å²) in [6, 6.07) is 19.1. The zero-order valence-electron chi connectivity index (χ0n) is 13.2. The third-order valence-electron chi connectivity index (χ3n) is 3.71. The topological polar surface area (TPSA) is 43.4 Å². The zero-order chi connectivity index (χ0) is 16.3. The largest absolute Gasteiger partial charge is 0.377 e. The van der Waals surface area contributed by atoms with E-state index in [1.54, 1.807) is 12.1 Å². The fourth-order valence-electron chi connectivity index (χ4n) is 2.41. The molecule has 3 nitrogen and oxygen atoms in total. The fraction of sp³-hybridized carbons (Fsp3) is 0.300. The quantitative estimate of drug-likeness (QED) is 0.377. The van der Waals surface area contributed by atoms with Crippen LogP contribution in [0.15, 0.2) is 60.7 Å². The first-order chi connectivity index (χ1) is 11.3. The molecule has 0 aliphatic carbocycles. The first-order valence-corrected chi connectivity index (χ1v) is 7.95. The Labute approximate surface area is 137 Å². The predicted molar refractivity (Wildman–Crippen MR) is 90.3 cm³/mol. The van der Waals surface area contributed by atoms with Gasteiger partial charge in [-0.05, 0) is 18.4 Å². The Morgan fingerprint density at radius 3 is 2.30 bits per heavy atom. The van der Waals surface area contributed by atoms with Gasteiger partial charge < -0.3 is 9.53 Å². The summed E-state index contributed by atoms with van der Waals surface area (Å²) < 4.78 is 5.60. The van der Waals surface area contributed by atoms with E-state index in [9.17, 15) is 9.59 Å². The lowest BCUT2D eigenvalue weighted by atomic mass is 9.95. The molecule has 0 N–H and O–H groups in total. The molecule has 120 valence electrons. The molecule has 0 fully saturated rings. The fourth-order valence-corrected chi connectivity index (χ4v) is 2.41. The van der Waals surface area contributed by atoms with Crippen molar-refractivity contribution in [2.24, 2.45) is 5.92 Å². The first kappa shape index (κ1) is 17.1. The number of carbonyl (C=O) groups is 2. The second-order valence-electron chi connectivity index (χ2n) is 5.57. The van der Waals surface area contributed by atoms with E-state index in [2.05, 4.69) is 0 Å². The third-order valence-corrected chi connectivity index (χ3v) is 3.71. The molecule has 23 heavy (non-hydrogen) atoms.